The van der Waals surface area contributed by atoms with E-state index in [0.29, 0.717) is 6.42 Å². The van der Waals surface area contributed by atoms with Gasteiger partial charge in [0, 0.05) is 0 Å². The fraction of sp³-hybridized carbons (Fsp3) is 0.419. The molecule has 0 aromatic heterocycles. The van der Waals surface area contributed by atoms with Gasteiger partial charge in [-0.05, 0) is 75.7 Å². The summed E-state index contributed by atoms with van der Waals surface area (Å²) < 4.78 is 5.38. The SMILES string of the molecule is CC/C=C\C/C=C\C/C=C\C/C=C\C/C=C\CCCCS[C@@H](CC)C(=O)Oc1ccccc1C(=O)O. The number of thioether (sulfide) groups is 1. The molecule has 1 aromatic carbocycles. The summed E-state index contributed by atoms with van der Waals surface area (Å²) >= 11 is 1.58. The smallest absolute Gasteiger partial charge is 0.339 e. The lowest BCUT2D eigenvalue weighted by molar-refractivity contribution is -0.133. The van der Waals surface area contributed by atoms with Gasteiger partial charge in [0.05, 0.1) is 0 Å². The summed E-state index contributed by atoms with van der Waals surface area (Å²) in [5.41, 5.74) is 0.00256. The summed E-state index contributed by atoms with van der Waals surface area (Å²) in [6, 6.07) is 6.24. The third-order valence-corrected chi connectivity index (χ3v) is 6.66. The number of allylic oxidation sites excluding steroid dienone is 10. The van der Waals surface area contributed by atoms with Crippen molar-refractivity contribution in [1.29, 1.82) is 0 Å². The lowest BCUT2D eigenvalue weighted by Crippen LogP contribution is -2.23. The molecule has 0 saturated carbocycles. The topological polar surface area (TPSA) is 63.6 Å². The van der Waals surface area contributed by atoms with Crippen LogP contribution in [0.2, 0.25) is 0 Å². The Bertz CT molecular complexity index is 896. The van der Waals surface area contributed by atoms with Crippen LogP contribution in [-0.4, -0.2) is 28.0 Å². The van der Waals surface area contributed by atoms with Crippen LogP contribution >= 0.6 is 11.8 Å². The first-order valence-electron chi connectivity index (χ1n) is 13.0. The van der Waals surface area contributed by atoms with Crippen molar-refractivity contribution in [3.8, 4) is 5.75 Å². The number of carbonyl (C=O) groups is 2. The zero-order chi connectivity index (χ0) is 26.3. The largest absolute Gasteiger partial charge is 0.478 e. The number of unbranched alkanes of at least 4 members (excludes halogenated alkanes) is 2. The monoisotopic (exact) mass is 510 g/mol. The van der Waals surface area contributed by atoms with Crippen LogP contribution in [0.1, 0.15) is 82.0 Å². The van der Waals surface area contributed by atoms with Crippen LogP contribution in [0.15, 0.2) is 85.0 Å². The molecule has 0 aliphatic rings. The maximum atomic E-state index is 12.5. The quantitative estimate of drug-likeness (QED) is 0.0872. The average molecular weight is 511 g/mol. The Hall–Kier alpha value is -2.79. The highest BCUT2D eigenvalue weighted by Gasteiger charge is 2.21. The third-order valence-electron chi connectivity index (χ3n) is 5.20. The molecular formula is C31H42O4S. The Balaban J connectivity index is 2.13. The molecule has 4 nitrogen and oxygen atoms in total. The first-order chi connectivity index (χ1) is 17.6. The molecule has 0 unspecified atom stereocenters. The van der Waals surface area contributed by atoms with E-state index in [1.807, 2.05) is 6.92 Å². The molecule has 36 heavy (non-hydrogen) atoms. The molecule has 0 radical (unpaired) electrons. The predicted molar refractivity (Wildman–Crippen MR) is 154 cm³/mol. The zero-order valence-electron chi connectivity index (χ0n) is 21.8. The Morgan fingerprint density at radius 3 is 1.94 bits per heavy atom. The molecule has 0 spiro atoms. The van der Waals surface area contributed by atoms with Crippen molar-refractivity contribution >= 4 is 23.7 Å². The molecule has 0 amide bonds. The van der Waals surface area contributed by atoms with Crippen LogP contribution in [0.4, 0.5) is 0 Å². The maximum Gasteiger partial charge on any atom is 0.339 e. The second-order valence-corrected chi connectivity index (χ2v) is 9.50. The van der Waals surface area contributed by atoms with Crippen LogP contribution < -0.4 is 4.74 Å². The number of rotatable bonds is 19. The van der Waals surface area contributed by atoms with Gasteiger partial charge in [0.25, 0.3) is 0 Å². The summed E-state index contributed by atoms with van der Waals surface area (Å²) in [6.45, 7) is 4.09. The van der Waals surface area contributed by atoms with Crippen molar-refractivity contribution in [3.63, 3.8) is 0 Å². The number of carboxylic acids is 1. The van der Waals surface area contributed by atoms with Crippen molar-refractivity contribution in [2.75, 3.05) is 5.75 Å². The standard InChI is InChI=1S/C31H42O4S/c1-3-5-6-7-8-9-10-11-12-13-14-15-16-17-18-19-20-23-26-36-29(4-2)31(34)35-28-25-22-21-24-27(28)30(32)33/h5-6,8-9,11-12,14-15,17-18,21-22,24-25,29H,3-4,7,10,13,16,19-20,23,26H2,1-2H3,(H,32,33)/b6-5-,9-8-,12-11-,15-14-,18-17-/t29-/m0/s1. The van der Waals surface area contributed by atoms with Gasteiger partial charge in [-0.2, -0.15) is 0 Å². The van der Waals surface area contributed by atoms with E-state index in [1.165, 1.54) is 12.1 Å². The number of ether oxygens (including phenoxy) is 1. The number of hydrogen-bond donors (Lipinski definition) is 1. The number of para-hydroxylation sites is 1. The molecule has 1 atom stereocenters. The number of hydrogen-bond acceptors (Lipinski definition) is 4. The molecule has 0 bridgehead atoms. The van der Waals surface area contributed by atoms with Crippen molar-refractivity contribution in [1.82, 2.24) is 0 Å². The number of benzene rings is 1. The van der Waals surface area contributed by atoms with Gasteiger partial charge in [-0.25, -0.2) is 4.79 Å². The van der Waals surface area contributed by atoms with Gasteiger partial charge in [-0.3, -0.25) is 4.79 Å². The lowest BCUT2D eigenvalue weighted by Gasteiger charge is -2.14. The number of carbonyl (C=O) groups excluding carboxylic acids is 1. The van der Waals surface area contributed by atoms with E-state index >= 15 is 0 Å². The van der Waals surface area contributed by atoms with Crippen LogP contribution in [0.3, 0.4) is 0 Å². The molecule has 0 aliphatic heterocycles. The normalized spacial score (nSPS) is 13.1. The number of esters is 1. The molecule has 1 rings (SSSR count). The summed E-state index contributed by atoms with van der Waals surface area (Å²) in [5, 5.41) is 8.95. The Labute approximate surface area is 221 Å². The van der Waals surface area contributed by atoms with E-state index < -0.39 is 5.97 Å². The summed E-state index contributed by atoms with van der Waals surface area (Å²) in [5.74, 6) is -0.505. The molecule has 196 valence electrons. The third kappa shape index (κ3) is 15.3. The van der Waals surface area contributed by atoms with Crippen molar-refractivity contribution < 1.29 is 19.4 Å². The summed E-state index contributed by atoms with van der Waals surface area (Å²) in [6.07, 6.45) is 30.8. The molecule has 1 N–H and O–H groups in total. The number of carboxylic acid groups (broad SMARTS) is 1. The molecule has 0 aliphatic carbocycles. The van der Waals surface area contributed by atoms with Gasteiger partial charge in [0.1, 0.15) is 16.6 Å². The summed E-state index contributed by atoms with van der Waals surface area (Å²) in [7, 11) is 0. The van der Waals surface area contributed by atoms with Gasteiger partial charge < -0.3 is 9.84 Å². The van der Waals surface area contributed by atoms with Gasteiger partial charge >= 0.3 is 11.9 Å². The highest BCUT2D eigenvalue weighted by atomic mass is 32.2. The van der Waals surface area contributed by atoms with Crippen LogP contribution in [0, 0.1) is 0 Å². The van der Waals surface area contributed by atoms with E-state index in [4.69, 9.17) is 4.74 Å². The minimum absolute atomic E-state index is 0.00256. The molecule has 0 fully saturated rings. The van der Waals surface area contributed by atoms with Crippen LogP contribution in [-0.2, 0) is 4.79 Å². The molecule has 5 heteroatoms. The van der Waals surface area contributed by atoms with Crippen molar-refractivity contribution in [2.45, 2.75) is 76.9 Å². The Morgan fingerprint density at radius 2 is 1.39 bits per heavy atom. The highest BCUT2D eigenvalue weighted by Crippen LogP contribution is 2.23. The van der Waals surface area contributed by atoms with Gasteiger partial charge in [-0.15, -0.1) is 11.8 Å². The molecular weight excluding hydrogens is 468 g/mol. The first-order valence-corrected chi connectivity index (χ1v) is 14.1. The first kappa shape index (κ1) is 31.2. The van der Waals surface area contributed by atoms with Crippen molar-refractivity contribution in [2.24, 2.45) is 0 Å². The average Bonchev–Trinajstić information content (AvgIpc) is 2.87. The summed E-state index contributed by atoms with van der Waals surface area (Å²) in [4.78, 5) is 23.8. The fourth-order valence-corrected chi connectivity index (χ4v) is 4.29. The van der Waals surface area contributed by atoms with Gasteiger partial charge in [0.2, 0.25) is 0 Å². The number of aromatic carboxylic acids is 1. The Kier molecular flexibility index (Phi) is 18.6. The van der Waals surface area contributed by atoms with Gasteiger partial charge in [-0.1, -0.05) is 86.7 Å². The van der Waals surface area contributed by atoms with Gasteiger partial charge in [0.15, 0.2) is 0 Å². The van der Waals surface area contributed by atoms with Crippen molar-refractivity contribution in [3.05, 3.63) is 90.6 Å². The predicted octanol–water partition coefficient (Wildman–Crippen LogP) is 8.72. The second-order valence-electron chi connectivity index (χ2n) is 8.19. The van der Waals surface area contributed by atoms with E-state index in [2.05, 4.69) is 67.7 Å². The molecule has 1 aromatic rings. The minimum Gasteiger partial charge on any atom is -0.478 e. The second kappa shape index (κ2) is 21.5. The fourth-order valence-electron chi connectivity index (χ4n) is 3.22. The lowest BCUT2D eigenvalue weighted by atomic mass is 10.2. The molecule has 0 heterocycles. The van der Waals surface area contributed by atoms with E-state index in [-0.39, 0.29) is 22.5 Å². The van der Waals surface area contributed by atoms with E-state index in [1.54, 1.807) is 23.9 Å². The van der Waals surface area contributed by atoms with Crippen LogP contribution in [0.5, 0.6) is 5.75 Å². The van der Waals surface area contributed by atoms with E-state index in [0.717, 1.165) is 57.1 Å². The van der Waals surface area contributed by atoms with Crippen LogP contribution in [0.25, 0.3) is 0 Å². The Morgan fingerprint density at radius 1 is 0.833 bits per heavy atom. The maximum absolute atomic E-state index is 12.5. The zero-order valence-corrected chi connectivity index (χ0v) is 22.6. The molecule has 0 saturated heterocycles. The van der Waals surface area contributed by atoms with E-state index in [9.17, 15) is 14.7 Å². The highest BCUT2D eigenvalue weighted by molar-refractivity contribution is 8.00. The minimum atomic E-state index is -1.10.